The summed E-state index contributed by atoms with van der Waals surface area (Å²) in [6.07, 6.45) is 6.70. The third kappa shape index (κ3) is 3.59. The van der Waals surface area contributed by atoms with Gasteiger partial charge in [0, 0.05) is 30.1 Å². The van der Waals surface area contributed by atoms with Gasteiger partial charge in [-0.3, -0.25) is 0 Å². The van der Waals surface area contributed by atoms with Gasteiger partial charge in [0.1, 0.15) is 5.82 Å². The first-order chi connectivity index (χ1) is 10.6. The molecule has 0 aliphatic carbocycles. The first-order valence-corrected chi connectivity index (χ1v) is 9.03. The Morgan fingerprint density at radius 2 is 2.14 bits per heavy atom. The summed E-state index contributed by atoms with van der Waals surface area (Å²) < 4.78 is 13.8. The molecule has 0 spiro atoms. The maximum Gasteiger partial charge on any atom is 0.128 e. The van der Waals surface area contributed by atoms with Crippen molar-refractivity contribution in [3.63, 3.8) is 0 Å². The molecule has 0 bridgehead atoms. The zero-order valence-corrected chi connectivity index (χ0v) is 14.2. The highest BCUT2D eigenvalue weighted by Gasteiger charge is 2.29. The van der Waals surface area contributed by atoms with Crippen LogP contribution in [0.4, 0.5) is 4.39 Å². The quantitative estimate of drug-likeness (QED) is 0.903. The van der Waals surface area contributed by atoms with E-state index in [2.05, 4.69) is 34.7 Å². The van der Waals surface area contributed by atoms with Crippen molar-refractivity contribution in [2.75, 3.05) is 20.1 Å². The Morgan fingerprint density at radius 3 is 2.86 bits per heavy atom. The number of likely N-dealkylation sites (N-methyl/N-ethyl adjacent to an activating group) is 1. The molecular weight excluding hydrogens is 321 g/mol. The molecule has 3 rings (SSSR count). The van der Waals surface area contributed by atoms with Crippen molar-refractivity contribution in [1.29, 1.82) is 0 Å². The zero-order valence-electron chi connectivity index (χ0n) is 12.6. The van der Waals surface area contributed by atoms with Crippen molar-refractivity contribution in [1.82, 2.24) is 15.3 Å². The number of halogens is 2. The standard InChI is InChI=1S/C16H21ClFN3S/c1-20-16(6-9-21(20)14-4-7-19-8-5-14)22-11-12-2-3-13(17)10-15(12)18/h2-3,6,9-10,14,16,19H,4-5,7-8,11H2,1H3. The van der Waals surface area contributed by atoms with Crippen LogP contribution >= 0.6 is 23.4 Å². The van der Waals surface area contributed by atoms with E-state index in [1.54, 1.807) is 23.9 Å². The lowest BCUT2D eigenvalue weighted by atomic mass is 10.1. The number of hydrazine groups is 1. The molecule has 1 saturated heterocycles. The van der Waals surface area contributed by atoms with Crippen molar-refractivity contribution in [2.24, 2.45) is 0 Å². The maximum absolute atomic E-state index is 13.8. The predicted molar refractivity (Wildman–Crippen MR) is 91.1 cm³/mol. The lowest BCUT2D eigenvalue weighted by Gasteiger charge is -2.38. The lowest BCUT2D eigenvalue weighted by molar-refractivity contribution is 0.0164. The van der Waals surface area contributed by atoms with Gasteiger partial charge in [-0.25, -0.2) is 9.40 Å². The first kappa shape index (κ1) is 16.1. The Balaban J connectivity index is 1.56. The van der Waals surface area contributed by atoms with Crippen molar-refractivity contribution < 1.29 is 4.39 Å². The first-order valence-electron chi connectivity index (χ1n) is 7.61. The number of piperidine rings is 1. The number of nitrogens with one attached hydrogen (secondary N) is 1. The monoisotopic (exact) mass is 341 g/mol. The molecule has 3 nitrogen and oxygen atoms in total. The number of hydrogen-bond acceptors (Lipinski definition) is 4. The second-order valence-electron chi connectivity index (χ2n) is 5.71. The zero-order chi connectivity index (χ0) is 15.5. The van der Waals surface area contributed by atoms with E-state index in [9.17, 15) is 4.39 Å². The van der Waals surface area contributed by atoms with Crippen LogP contribution in [0.1, 0.15) is 18.4 Å². The third-order valence-corrected chi connectivity index (χ3v) is 5.76. The second-order valence-corrected chi connectivity index (χ2v) is 7.26. The van der Waals surface area contributed by atoms with Gasteiger partial charge >= 0.3 is 0 Å². The highest BCUT2D eigenvalue weighted by atomic mass is 35.5. The molecule has 2 aliphatic heterocycles. The molecule has 1 aromatic rings. The average molecular weight is 342 g/mol. The fourth-order valence-corrected chi connectivity index (χ4v) is 4.20. The van der Waals surface area contributed by atoms with E-state index in [1.807, 2.05) is 0 Å². The van der Waals surface area contributed by atoms with Gasteiger partial charge in [-0.2, -0.15) is 0 Å². The fraction of sp³-hybridized carbons (Fsp3) is 0.500. The van der Waals surface area contributed by atoms with Gasteiger partial charge in [-0.15, -0.1) is 11.8 Å². The van der Waals surface area contributed by atoms with Crippen LogP contribution in [-0.4, -0.2) is 41.6 Å². The molecule has 22 heavy (non-hydrogen) atoms. The number of benzene rings is 1. The predicted octanol–water partition coefficient (Wildman–Crippen LogP) is 3.47. The topological polar surface area (TPSA) is 18.5 Å². The molecule has 2 heterocycles. The summed E-state index contributed by atoms with van der Waals surface area (Å²) in [5, 5.41) is 8.68. The lowest BCUT2D eigenvalue weighted by Crippen LogP contribution is -2.47. The summed E-state index contributed by atoms with van der Waals surface area (Å²) in [5.41, 5.74) is 0.705. The van der Waals surface area contributed by atoms with Gasteiger partial charge in [0.05, 0.1) is 5.37 Å². The Hall–Kier alpha value is -0.750. The molecule has 1 fully saturated rings. The summed E-state index contributed by atoms with van der Waals surface area (Å²) in [6, 6.07) is 5.47. The van der Waals surface area contributed by atoms with Crippen LogP contribution in [0, 0.1) is 5.82 Å². The second kappa shape index (κ2) is 7.21. The van der Waals surface area contributed by atoms with Crippen molar-refractivity contribution in [2.45, 2.75) is 30.0 Å². The van der Waals surface area contributed by atoms with E-state index >= 15 is 0 Å². The van der Waals surface area contributed by atoms with Crippen LogP contribution in [0.2, 0.25) is 5.02 Å². The number of rotatable bonds is 4. The van der Waals surface area contributed by atoms with Crippen LogP contribution in [0.3, 0.4) is 0 Å². The van der Waals surface area contributed by atoms with Crippen LogP contribution in [0.25, 0.3) is 0 Å². The summed E-state index contributed by atoms with van der Waals surface area (Å²) in [4.78, 5) is 0. The number of nitrogens with zero attached hydrogens (tertiary/aromatic N) is 2. The fourth-order valence-electron chi connectivity index (χ4n) is 2.95. The van der Waals surface area contributed by atoms with E-state index < -0.39 is 0 Å². The minimum atomic E-state index is -0.222. The summed E-state index contributed by atoms with van der Waals surface area (Å²) >= 11 is 7.53. The summed E-state index contributed by atoms with van der Waals surface area (Å²) in [7, 11) is 2.11. The molecule has 1 N–H and O–H groups in total. The molecule has 0 saturated carbocycles. The van der Waals surface area contributed by atoms with Crippen LogP contribution < -0.4 is 5.32 Å². The van der Waals surface area contributed by atoms with Crippen molar-refractivity contribution in [3.05, 3.63) is 46.9 Å². The molecule has 1 atom stereocenters. The van der Waals surface area contributed by atoms with E-state index in [0.29, 0.717) is 22.4 Å². The molecule has 6 heteroatoms. The molecule has 2 aliphatic rings. The number of thioether (sulfide) groups is 1. The Bertz CT molecular complexity index is 548. The Labute approximate surface area is 140 Å². The third-order valence-electron chi connectivity index (χ3n) is 4.24. The Kier molecular flexibility index (Phi) is 5.29. The Morgan fingerprint density at radius 1 is 1.36 bits per heavy atom. The minimum absolute atomic E-state index is 0.222. The van der Waals surface area contributed by atoms with E-state index in [4.69, 9.17) is 11.6 Å². The van der Waals surface area contributed by atoms with Gasteiger partial charge in [0.2, 0.25) is 0 Å². The van der Waals surface area contributed by atoms with Crippen LogP contribution in [0.15, 0.2) is 30.5 Å². The SMILES string of the molecule is CN1C(SCc2ccc(Cl)cc2F)C=CN1C1CCNCC1. The molecule has 1 aromatic carbocycles. The molecule has 120 valence electrons. The van der Waals surface area contributed by atoms with Crippen molar-refractivity contribution in [3.8, 4) is 0 Å². The number of hydrogen-bond donors (Lipinski definition) is 1. The molecule has 0 amide bonds. The van der Waals surface area contributed by atoms with Gasteiger partial charge in [-0.05, 0) is 49.7 Å². The molecule has 1 unspecified atom stereocenters. The largest absolute Gasteiger partial charge is 0.317 e. The van der Waals surface area contributed by atoms with Gasteiger partial charge in [-0.1, -0.05) is 17.7 Å². The highest BCUT2D eigenvalue weighted by Crippen LogP contribution is 2.30. The van der Waals surface area contributed by atoms with Crippen molar-refractivity contribution >= 4 is 23.4 Å². The highest BCUT2D eigenvalue weighted by molar-refractivity contribution is 7.99. The maximum atomic E-state index is 13.8. The van der Waals surface area contributed by atoms with Crippen LogP contribution in [-0.2, 0) is 5.75 Å². The summed E-state index contributed by atoms with van der Waals surface area (Å²) in [5.74, 6) is 0.419. The van der Waals surface area contributed by atoms with E-state index in [-0.39, 0.29) is 11.2 Å². The molecule has 0 aromatic heterocycles. The molecular formula is C16H21ClFN3S. The van der Waals surface area contributed by atoms with Crippen LogP contribution in [0.5, 0.6) is 0 Å². The normalized spacial score (nSPS) is 23.4. The van der Waals surface area contributed by atoms with Gasteiger partial charge in [0.25, 0.3) is 0 Å². The average Bonchev–Trinajstić information content (AvgIpc) is 2.88. The molecule has 0 radical (unpaired) electrons. The summed E-state index contributed by atoms with van der Waals surface area (Å²) in [6.45, 7) is 2.16. The van der Waals surface area contributed by atoms with E-state index in [1.165, 1.54) is 6.07 Å². The smallest absolute Gasteiger partial charge is 0.128 e. The van der Waals surface area contributed by atoms with Gasteiger partial charge in [0.15, 0.2) is 0 Å². The van der Waals surface area contributed by atoms with E-state index in [0.717, 1.165) is 25.9 Å². The minimum Gasteiger partial charge on any atom is -0.317 e. The van der Waals surface area contributed by atoms with Gasteiger partial charge < -0.3 is 10.3 Å².